The molecule has 1 heterocycles. The maximum Gasteiger partial charge on any atom is 0.193 e. The zero-order chi connectivity index (χ0) is 18.5. The summed E-state index contributed by atoms with van der Waals surface area (Å²) < 4.78 is 35.6. The van der Waals surface area contributed by atoms with E-state index in [1.807, 2.05) is 35.2 Å². The topological polar surface area (TPSA) is 78.8 Å². The predicted molar refractivity (Wildman–Crippen MR) is 104 cm³/mol. The van der Waals surface area contributed by atoms with Crippen LogP contribution in [0.15, 0.2) is 35.3 Å². The SMILES string of the molecule is CN=C(NCCS(=O)Cc1ccccc1)N1CCS(=O)(=O)C(C)(C)C1. The molecular formula is C17H27N3O3S2. The van der Waals surface area contributed by atoms with E-state index >= 15 is 0 Å². The number of hydrogen-bond donors (Lipinski definition) is 1. The lowest BCUT2D eigenvalue weighted by Crippen LogP contribution is -2.57. The highest BCUT2D eigenvalue weighted by Crippen LogP contribution is 2.23. The number of guanidine groups is 1. The lowest BCUT2D eigenvalue weighted by Gasteiger charge is -2.39. The van der Waals surface area contributed by atoms with E-state index in [1.165, 1.54) is 0 Å². The molecule has 0 spiro atoms. The maximum atomic E-state index is 12.2. The van der Waals surface area contributed by atoms with E-state index in [2.05, 4.69) is 10.3 Å². The summed E-state index contributed by atoms with van der Waals surface area (Å²) >= 11 is 0. The number of benzene rings is 1. The van der Waals surface area contributed by atoms with Crippen molar-refractivity contribution in [2.24, 2.45) is 4.99 Å². The van der Waals surface area contributed by atoms with E-state index < -0.39 is 25.4 Å². The molecule has 1 aromatic rings. The molecule has 1 fully saturated rings. The van der Waals surface area contributed by atoms with E-state index in [0.717, 1.165) is 5.56 Å². The summed E-state index contributed by atoms with van der Waals surface area (Å²) in [5, 5.41) is 3.21. The summed E-state index contributed by atoms with van der Waals surface area (Å²) in [6, 6.07) is 9.77. The van der Waals surface area contributed by atoms with Gasteiger partial charge in [-0.15, -0.1) is 0 Å². The van der Waals surface area contributed by atoms with E-state index in [-0.39, 0.29) is 5.75 Å². The van der Waals surface area contributed by atoms with E-state index in [1.54, 1.807) is 20.9 Å². The zero-order valence-corrected chi connectivity index (χ0v) is 16.7. The Morgan fingerprint density at radius 2 is 2.00 bits per heavy atom. The molecule has 0 saturated carbocycles. The van der Waals surface area contributed by atoms with E-state index in [4.69, 9.17) is 0 Å². The molecule has 1 N–H and O–H groups in total. The van der Waals surface area contributed by atoms with Crippen LogP contribution in [0.3, 0.4) is 0 Å². The van der Waals surface area contributed by atoms with Crippen molar-refractivity contribution in [3.8, 4) is 0 Å². The minimum absolute atomic E-state index is 0.126. The van der Waals surface area contributed by atoms with Crippen LogP contribution in [0.1, 0.15) is 19.4 Å². The molecule has 0 aromatic heterocycles. The molecule has 1 aliphatic heterocycles. The second-order valence-corrected chi connectivity index (χ2v) is 11.1. The third kappa shape index (κ3) is 5.28. The van der Waals surface area contributed by atoms with Crippen LogP contribution >= 0.6 is 0 Å². The third-order valence-corrected chi connectivity index (χ3v) is 8.19. The van der Waals surface area contributed by atoms with Crippen LogP contribution in [-0.4, -0.2) is 66.4 Å². The Hall–Kier alpha value is -1.41. The van der Waals surface area contributed by atoms with Gasteiger partial charge in [0.05, 0.1) is 10.5 Å². The minimum atomic E-state index is -3.08. The molecule has 1 unspecified atom stereocenters. The van der Waals surface area contributed by atoms with Crippen molar-refractivity contribution >= 4 is 26.6 Å². The summed E-state index contributed by atoms with van der Waals surface area (Å²) in [5.74, 6) is 1.85. The van der Waals surface area contributed by atoms with Crippen LogP contribution in [0.25, 0.3) is 0 Å². The number of aliphatic imine (C=N–C) groups is 1. The molecule has 1 aromatic carbocycles. The second-order valence-electron chi connectivity index (χ2n) is 6.75. The molecule has 2 rings (SSSR count). The molecule has 25 heavy (non-hydrogen) atoms. The number of hydrogen-bond acceptors (Lipinski definition) is 4. The van der Waals surface area contributed by atoms with Gasteiger partial charge in [-0.3, -0.25) is 9.20 Å². The van der Waals surface area contributed by atoms with Gasteiger partial charge in [-0.25, -0.2) is 8.42 Å². The number of nitrogens with one attached hydrogen (secondary N) is 1. The molecule has 0 aliphatic carbocycles. The summed E-state index contributed by atoms with van der Waals surface area (Å²) in [7, 11) is -2.35. The molecule has 1 aliphatic rings. The fourth-order valence-electron chi connectivity index (χ4n) is 2.77. The normalized spacial score (nSPS) is 20.9. The van der Waals surface area contributed by atoms with Gasteiger partial charge in [0.1, 0.15) is 0 Å². The average molecular weight is 386 g/mol. The molecule has 8 heteroatoms. The highest BCUT2D eigenvalue weighted by molar-refractivity contribution is 7.92. The molecule has 0 amide bonds. The first kappa shape index (κ1) is 19.9. The highest BCUT2D eigenvalue weighted by atomic mass is 32.2. The first-order chi connectivity index (χ1) is 11.7. The Kier molecular flexibility index (Phi) is 6.62. The van der Waals surface area contributed by atoms with Gasteiger partial charge in [0, 0.05) is 49.0 Å². The van der Waals surface area contributed by atoms with Crippen LogP contribution in [0.5, 0.6) is 0 Å². The summed E-state index contributed by atoms with van der Waals surface area (Å²) in [6.07, 6.45) is 0. The molecule has 140 valence electrons. The lowest BCUT2D eigenvalue weighted by atomic mass is 10.2. The van der Waals surface area contributed by atoms with Gasteiger partial charge in [-0.2, -0.15) is 0 Å². The lowest BCUT2D eigenvalue weighted by molar-refractivity contribution is 0.354. The van der Waals surface area contributed by atoms with Crippen LogP contribution in [-0.2, 0) is 26.4 Å². The van der Waals surface area contributed by atoms with Gasteiger partial charge in [0.25, 0.3) is 0 Å². The van der Waals surface area contributed by atoms with Crippen molar-refractivity contribution in [2.75, 3.05) is 38.2 Å². The van der Waals surface area contributed by atoms with Crippen LogP contribution in [0.4, 0.5) is 0 Å². The van der Waals surface area contributed by atoms with Gasteiger partial charge in [-0.05, 0) is 19.4 Å². The summed E-state index contributed by atoms with van der Waals surface area (Å²) in [4.78, 5) is 6.20. The predicted octanol–water partition coefficient (Wildman–Crippen LogP) is 1.02. The molecule has 1 saturated heterocycles. The van der Waals surface area contributed by atoms with Crippen LogP contribution in [0, 0.1) is 0 Å². The molecule has 0 bridgehead atoms. The van der Waals surface area contributed by atoms with Crippen LogP contribution in [0.2, 0.25) is 0 Å². The quantitative estimate of drug-likeness (QED) is 0.605. The van der Waals surface area contributed by atoms with Crippen molar-refractivity contribution in [2.45, 2.75) is 24.3 Å². The van der Waals surface area contributed by atoms with Gasteiger partial charge >= 0.3 is 0 Å². The fourth-order valence-corrected chi connectivity index (χ4v) is 5.17. The Morgan fingerprint density at radius 3 is 2.60 bits per heavy atom. The van der Waals surface area contributed by atoms with Gasteiger partial charge in [-0.1, -0.05) is 30.3 Å². The fraction of sp³-hybridized carbons (Fsp3) is 0.588. The smallest absolute Gasteiger partial charge is 0.193 e. The Labute approximate surface area is 153 Å². The van der Waals surface area contributed by atoms with Gasteiger partial charge in [0.2, 0.25) is 0 Å². The van der Waals surface area contributed by atoms with Crippen molar-refractivity contribution < 1.29 is 12.6 Å². The Balaban J connectivity index is 1.84. The number of nitrogens with zero attached hydrogens (tertiary/aromatic N) is 2. The van der Waals surface area contributed by atoms with Crippen molar-refractivity contribution in [1.29, 1.82) is 0 Å². The Morgan fingerprint density at radius 1 is 1.32 bits per heavy atom. The molecule has 6 nitrogen and oxygen atoms in total. The van der Waals surface area contributed by atoms with Crippen LogP contribution < -0.4 is 5.32 Å². The third-order valence-electron chi connectivity index (χ3n) is 4.34. The number of rotatable bonds is 5. The minimum Gasteiger partial charge on any atom is -0.355 e. The summed E-state index contributed by atoms with van der Waals surface area (Å²) in [5.41, 5.74) is 1.06. The number of sulfone groups is 1. The standard InChI is InChI=1S/C17H27N3O3S2/c1-17(2)14-20(10-12-25(17,22)23)16(18-3)19-9-11-24(21)13-15-7-5-4-6-8-15/h4-8H,9-14H2,1-3H3,(H,18,19). The largest absolute Gasteiger partial charge is 0.355 e. The van der Waals surface area contributed by atoms with Gasteiger partial charge in [0.15, 0.2) is 15.8 Å². The van der Waals surface area contributed by atoms with Crippen molar-refractivity contribution in [3.05, 3.63) is 35.9 Å². The van der Waals surface area contributed by atoms with E-state index in [0.29, 0.717) is 37.1 Å². The molecule has 0 radical (unpaired) electrons. The highest BCUT2D eigenvalue weighted by Gasteiger charge is 2.40. The Bertz CT molecular complexity index is 731. The first-order valence-electron chi connectivity index (χ1n) is 8.32. The summed E-state index contributed by atoms with van der Waals surface area (Å²) in [6.45, 7) is 4.86. The van der Waals surface area contributed by atoms with Crippen molar-refractivity contribution in [1.82, 2.24) is 10.2 Å². The monoisotopic (exact) mass is 385 g/mol. The maximum absolute atomic E-state index is 12.2. The molecular weight excluding hydrogens is 358 g/mol. The van der Waals surface area contributed by atoms with Crippen molar-refractivity contribution in [3.63, 3.8) is 0 Å². The zero-order valence-electron chi connectivity index (χ0n) is 15.1. The molecule has 1 atom stereocenters. The first-order valence-corrected chi connectivity index (χ1v) is 11.5. The second kappa shape index (κ2) is 8.31. The average Bonchev–Trinajstić information content (AvgIpc) is 2.55. The van der Waals surface area contributed by atoms with E-state index in [9.17, 15) is 12.6 Å². The van der Waals surface area contributed by atoms with Gasteiger partial charge < -0.3 is 10.2 Å².